The van der Waals surface area contributed by atoms with Crippen LogP contribution in [0.1, 0.15) is 23.9 Å². The molecule has 0 saturated heterocycles. The maximum absolute atomic E-state index is 9.79. The van der Waals surface area contributed by atoms with E-state index in [1.165, 1.54) is 0 Å². The summed E-state index contributed by atoms with van der Waals surface area (Å²) in [6.07, 6.45) is 0. The van der Waals surface area contributed by atoms with Crippen molar-refractivity contribution in [2.45, 2.75) is 20.5 Å². The quantitative estimate of drug-likeness (QED) is 0.500. The monoisotopic (exact) mass is 322 g/mol. The van der Waals surface area contributed by atoms with Crippen molar-refractivity contribution in [1.82, 2.24) is 4.98 Å². The predicted octanol–water partition coefficient (Wildman–Crippen LogP) is -1.87. The molecule has 2 aromatic rings. The molecule has 1 aromatic carbocycles. The second-order valence-electron chi connectivity index (χ2n) is 4.68. The van der Waals surface area contributed by atoms with Gasteiger partial charge in [0, 0.05) is 12.6 Å². The van der Waals surface area contributed by atoms with Crippen LogP contribution in [-0.2, 0) is 11.4 Å². The Morgan fingerprint density at radius 1 is 1.18 bits per heavy atom. The minimum atomic E-state index is 0. The van der Waals surface area contributed by atoms with Crippen LogP contribution in [0, 0.1) is 6.92 Å². The first-order valence-corrected chi connectivity index (χ1v) is 6.61. The zero-order valence-electron chi connectivity index (χ0n) is 12.8. The Labute approximate surface area is 136 Å². The summed E-state index contributed by atoms with van der Waals surface area (Å²) in [5.74, 6) is 0.932. The van der Waals surface area contributed by atoms with Gasteiger partial charge in [0.15, 0.2) is 12.3 Å². The molecular formula is C16H19ClN2O3. The predicted molar refractivity (Wildman–Crippen MR) is 79.2 cm³/mol. The van der Waals surface area contributed by atoms with E-state index in [1.807, 2.05) is 31.2 Å². The average Bonchev–Trinajstić information content (AvgIpc) is 2.50. The highest BCUT2D eigenvalue weighted by molar-refractivity contribution is 5.94. The summed E-state index contributed by atoms with van der Waals surface area (Å²) in [5, 5.41) is 12.6. The maximum Gasteiger partial charge on any atom is 0.251 e. The molecule has 0 aliphatic heterocycles. The van der Waals surface area contributed by atoms with Crippen molar-refractivity contribution in [3.63, 3.8) is 0 Å². The molecule has 1 aromatic heterocycles. The Morgan fingerprint density at radius 3 is 2.50 bits per heavy atom. The molecule has 0 fully saturated rings. The molecule has 0 saturated carbocycles. The van der Waals surface area contributed by atoms with Crippen LogP contribution in [0.2, 0.25) is 0 Å². The van der Waals surface area contributed by atoms with E-state index < -0.39 is 0 Å². The molecule has 0 radical (unpaired) electrons. The van der Waals surface area contributed by atoms with Gasteiger partial charge in [0.25, 0.3) is 5.71 Å². The number of hydrogen-bond acceptors (Lipinski definition) is 4. The van der Waals surface area contributed by atoms with Gasteiger partial charge < -0.3 is 22.3 Å². The van der Waals surface area contributed by atoms with Crippen LogP contribution in [0.4, 0.5) is 0 Å². The van der Waals surface area contributed by atoms with E-state index in [4.69, 9.17) is 9.57 Å². The van der Waals surface area contributed by atoms with Gasteiger partial charge in [-0.3, -0.25) is 4.84 Å². The topological polar surface area (TPSA) is 65.5 Å². The number of aryl methyl sites for hydroxylation is 1. The van der Waals surface area contributed by atoms with Gasteiger partial charge in [-0.05, 0) is 41.9 Å². The summed E-state index contributed by atoms with van der Waals surface area (Å²) in [7, 11) is 1.63. The summed E-state index contributed by atoms with van der Waals surface area (Å²) >= 11 is 0. The zero-order chi connectivity index (χ0) is 15.2. The Kier molecular flexibility index (Phi) is 6.66. The van der Waals surface area contributed by atoms with Crippen LogP contribution >= 0.6 is 0 Å². The minimum Gasteiger partial charge on any atom is -1.00 e. The largest absolute Gasteiger partial charge is 1.00 e. The normalized spacial score (nSPS) is 10.8. The zero-order valence-corrected chi connectivity index (χ0v) is 13.5. The number of pyridine rings is 1. The lowest BCUT2D eigenvalue weighted by atomic mass is 10.2. The fourth-order valence-corrected chi connectivity index (χ4v) is 1.82. The number of nitrogens with zero attached hydrogens (tertiary/aromatic N) is 1. The molecule has 2 rings (SSSR count). The maximum atomic E-state index is 9.79. The molecule has 0 unspecified atom stereocenters. The second-order valence-corrected chi connectivity index (χ2v) is 4.68. The Balaban J connectivity index is 0.00000242. The summed E-state index contributed by atoms with van der Waals surface area (Å²) in [6.45, 7) is 4.07. The molecule has 5 nitrogen and oxygen atoms in total. The van der Waals surface area contributed by atoms with Gasteiger partial charge in [-0.1, -0.05) is 12.1 Å². The van der Waals surface area contributed by atoms with E-state index in [-0.39, 0.29) is 18.2 Å². The number of hydrogen-bond donors (Lipinski definition) is 2. The fraction of sp³-hybridized carbons (Fsp3) is 0.250. The van der Waals surface area contributed by atoms with Crippen molar-refractivity contribution in [1.29, 1.82) is 0 Å². The van der Waals surface area contributed by atoms with E-state index in [0.29, 0.717) is 18.0 Å². The summed E-state index contributed by atoms with van der Waals surface area (Å²) in [5.41, 5.74) is 2.99. The van der Waals surface area contributed by atoms with Gasteiger partial charge in [0.05, 0.1) is 7.11 Å². The van der Waals surface area contributed by atoms with Crippen LogP contribution in [0.5, 0.6) is 11.5 Å². The molecular weight excluding hydrogens is 304 g/mol. The minimum absolute atomic E-state index is 0. The third-order valence-corrected chi connectivity index (χ3v) is 2.99. The van der Waals surface area contributed by atoms with Crippen LogP contribution in [0.15, 0.2) is 36.4 Å². The van der Waals surface area contributed by atoms with Gasteiger partial charge in [0.2, 0.25) is 0 Å². The van der Waals surface area contributed by atoms with Crippen molar-refractivity contribution < 1.29 is 32.2 Å². The Hall–Kier alpha value is -2.27. The van der Waals surface area contributed by atoms with Gasteiger partial charge >= 0.3 is 0 Å². The van der Waals surface area contributed by atoms with E-state index >= 15 is 0 Å². The number of aromatic hydroxyl groups is 1. The van der Waals surface area contributed by atoms with Gasteiger partial charge in [-0.15, -0.1) is 0 Å². The standard InChI is InChI=1S/C16H18N2O3.ClH/c1-11-4-9-15(19)16(17-11)12(2)18-21-10-13-5-7-14(20-3)8-6-13;/h4-9,19H,10H2,1-3H3;1H. The number of benzene rings is 1. The average molecular weight is 323 g/mol. The first-order chi connectivity index (χ1) is 10.1. The molecule has 22 heavy (non-hydrogen) atoms. The lowest BCUT2D eigenvalue weighted by molar-refractivity contribution is -0.758. The number of ether oxygens (including phenoxy) is 1. The molecule has 1 heterocycles. The van der Waals surface area contributed by atoms with E-state index in [0.717, 1.165) is 17.0 Å². The first kappa shape index (κ1) is 17.8. The molecule has 0 atom stereocenters. The molecule has 2 N–H and O–H groups in total. The smallest absolute Gasteiger partial charge is 0.251 e. The van der Waals surface area contributed by atoms with Crippen molar-refractivity contribution in [3.05, 3.63) is 53.3 Å². The second kappa shape index (κ2) is 8.24. The molecule has 6 heteroatoms. The lowest BCUT2D eigenvalue weighted by Crippen LogP contribution is -3.00. The Morgan fingerprint density at radius 2 is 1.86 bits per heavy atom. The SMILES string of the molecule is COc1ccc(CO[NH+]=C(C)c2nc(C)ccc2O)cc1.[Cl-]. The summed E-state index contributed by atoms with van der Waals surface area (Å²) in [6, 6.07) is 11.0. The van der Waals surface area contributed by atoms with Gasteiger partial charge in [0.1, 0.15) is 11.5 Å². The highest BCUT2D eigenvalue weighted by Gasteiger charge is 2.12. The molecule has 0 amide bonds. The van der Waals surface area contributed by atoms with Crippen molar-refractivity contribution in [2.75, 3.05) is 7.11 Å². The van der Waals surface area contributed by atoms with Crippen LogP contribution in [-0.4, -0.2) is 22.9 Å². The number of nitrogens with one attached hydrogen (secondary N) is 1. The molecule has 0 aliphatic rings. The lowest BCUT2D eigenvalue weighted by Gasteiger charge is -2.02. The summed E-state index contributed by atoms with van der Waals surface area (Å²) in [4.78, 5) is 9.70. The van der Waals surface area contributed by atoms with E-state index in [2.05, 4.69) is 10.1 Å². The van der Waals surface area contributed by atoms with Crippen LogP contribution < -0.4 is 22.3 Å². The van der Waals surface area contributed by atoms with Crippen LogP contribution in [0.3, 0.4) is 0 Å². The first-order valence-electron chi connectivity index (χ1n) is 6.61. The van der Waals surface area contributed by atoms with Gasteiger partial charge in [-0.2, -0.15) is 0 Å². The fourth-order valence-electron chi connectivity index (χ4n) is 1.82. The molecule has 0 bridgehead atoms. The number of aromatic nitrogens is 1. The van der Waals surface area contributed by atoms with Crippen molar-refractivity contribution in [2.24, 2.45) is 0 Å². The third kappa shape index (κ3) is 4.63. The van der Waals surface area contributed by atoms with Gasteiger partial charge in [-0.25, -0.2) is 4.98 Å². The highest BCUT2D eigenvalue weighted by Crippen LogP contribution is 2.14. The number of methoxy groups -OCH3 is 1. The third-order valence-electron chi connectivity index (χ3n) is 2.99. The highest BCUT2D eigenvalue weighted by atomic mass is 35.5. The van der Waals surface area contributed by atoms with E-state index in [1.54, 1.807) is 26.2 Å². The molecule has 118 valence electrons. The van der Waals surface area contributed by atoms with Crippen molar-refractivity contribution >= 4 is 5.71 Å². The van der Waals surface area contributed by atoms with E-state index in [9.17, 15) is 5.11 Å². The van der Waals surface area contributed by atoms with Crippen molar-refractivity contribution in [3.8, 4) is 11.5 Å². The molecule has 0 aliphatic carbocycles. The summed E-state index contributed by atoms with van der Waals surface area (Å²) < 4.78 is 5.10. The Bertz CT molecular complexity index is 642. The number of halogens is 1. The molecule has 0 spiro atoms. The number of rotatable bonds is 5. The van der Waals surface area contributed by atoms with Crippen LogP contribution in [0.25, 0.3) is 0 Å².